The Hall–Kier alpha value is -1.95. The molecule has 0 radical (unpaired) electrons. The predicted octanol–water partition coefficient (Wildman–Crippen LogP) is 1.12. The van der Waals surface area contributed by atoms with Crippen LogP contribution in [0.5, 0.6) is 0 Å². The van der Waals surface area contributed by atoms with Crippen LogP contribution in [-0.4, -0.2) is 19.9 Å². The maximum absolute atomic E-state index is 12.1. The van der Waals surface area contributed by atoms with Gasteiger partial charge in [0.05, 0.1) is 22.3 Å². The summed E-state index contributed by atoms with van der Waals surface area (Å²) in [5.74, 6) is 0. The molecule has 3 N–H and O–H groups in total. The molecule has 0 unspecified atom stereocenters. The molecule has 2 rings (SSSR count). The Morgan fingerprint density at radius 2 is 2.25 bits per heavy atom. The summed E-state index contributed by atoms with van der Waals surface area (Å²) in [6, 6.07) is 6.00. The minimum atomic E-state index is -3.68. The number of hydrogen-bond donors (Lipinski definition) is 2. The second-order valence-electron chi connectivity index (χ2n) is 3.94. The van der Waals surface area contributed by atoms with Gasteiger partial charge in [0, 0.05) is 24.5 Å². The SMILES string of the molecule is N#Cc1ccc(S(=O)(=O)NCCc2nccs2)c(N)c1. The monoisotopic (exact) mass is 308 g/mol. The van der Waals surface area contributed by atoms with Crippen LogP contribution in [0, 0.1) is 11.3 Å². The lowest BCUT2D eigenvalue weighted by atomic mass is 10.2. The number of thiazole rings is 1. The maximum Gasteiger partial charge on any atom is 0.242 e. The van der Waals surface area contributed by atoms with Crippen LogP contribution in [0.2, 0.25) is 0 Å². The normalized spacial score (nSPS) is 11.2. The Morgan fingerprint density at radius 1 is 1.45 bits per heavy atom. The smallest absolute Gasteiger partial charge is 0.242 e. The van der Waals surface area contributed by atoms with Gasteiger partial charge in [-0.25, -0.2) is 18.1 Å². The highest BCUT2D eigenvalue weighted by atomic mass is 32.2. The highest BCUT2D eigenvalue weighted by molar-refractivity contribution is 7.89. The number of benzene rings is 1. The fourth-order valence-electron chi connectivity index (χ4n) is 1.61. The summed E-state index contributed by atoms with van der Waals surface area (Å²) in [4.78, 5) is 4.05. The molecule has 20 heavy (non-hydrogen) atoms. The molecular formula is C12H12N4O2S2. The summed E-state index contributed by atoms with van der Waals surface area (Å²) in [7, 11) is -3.68. The van der Waals surface area contributed by atoms with Gasteiger partial charge in [0.2, 0.25) is 10.0 Å². The standard InChI is InChI=1S/C12H12N4O2S2/c13-8-9-1-2-11(10(14)7-9)20(17,18)16-4-3-12-15-5-6-19-12/h1-2,5-7,16H,3-4,14H2. The molecule has 0 amide bonds. The molecule has 0 aliphatic rings. The first-order valence-electron chi connectivity index (χ1n) is 5.70. The third-order valence-corrected chi connectivity index (χ3v) is 4.92. The summed E-state index contributed by atoms with van der Waals surface area (Å²) in [6.45, 7) is 0.245. The van der Waals surface area contributed by atoms with E-state index in [0.29, 0.717) is 12.0 Å². The van der Waals surface area contributed by atoms with Crippen molar-refractivity contribution in [3.05, 3.63) is 40.3 Å². The van der Waals surface area contributed by atoms with Gasteiger partial charge >= 0.3 is 0 Å². The van der Waals surface area contributed by atoms with Crippen LogP contribution < -0.4 is 10.5 Å². The second-order valence-corrected chi connectivity index (χ2v) is 6.65. The number of nitrogen functional groups attached to an aromatic ring is 1. The van der Waals surface area contributed by atoms with E-state index < -0.39 is 10.0 Å². The van der Waals surface area contributed by atoms with Crippen molar-refractivity contribution in [3.63, 3.8) is 0 Å². The number of aromatic nitrogens is 1. The van der Waals surface area contributed by atoms with Gasteiger partial charge in [-0.15, -0.1) is 11.3 Å². The van der Waals surface area contributed by atoms with E-state index in [1.54, 1.807) is 6.20 Å². The van der Waals surface area contributed by atoms with Crippen molar-refractivity contribution in [1.82, 2.24) is 9.71 Å². The van der Waals surface area contributed by atoms with Crippen molar-refractivity contribution in [2.45, 2.75) is 11.3 Å². The molecule has 0 atom stereocenters. The Kier molecular flexibility index (Phi) is 4.34. The number of rotatable bonds is 5. The molecule has 104 valence electrons. The molecule has 1 aromatic carbocycles. The largest absolute Gasteiger partial charge is 0.398 e. The van der Waals surface area contributed by atoms with Crippen LogP contribution in [0.4, 0.5) is 5.69 Å². The zero-order valence-corrected chi connectivity index (χ0v) is 12.0. The molecule has 1 heterocycles. The number of nitrogens with zero attached hydrogens (tertiary/aromatic N) is 2. The zero-order chi connectivity index (χ0) is 14.6. The van der Waals surface area contributed by atoms with E-state index in [-0.39, 0.29) is 17.1 Å². The zero-order valence-electron chi connectivity index (χ0n) is 10.4. The number of sulfonamides is 1. The van der Waals surface area contributed by atoms with E-state index in [1.165, 1.54) is 29.5 Å². The van der Waals surface area contributed by atoms with Crippen LogP contribution >= 0.6 is 11.3 Å². The van der Waals surface area contributed by atoms with E-state index >= 15 is 0 Å². The third kappa shape index (κ3) is 3.33. The number of nitrogens with one attached hydrogen (secondary N) is 1. The number of hydrogen-bond acceptors (Lipinski definition) is 6. The molecule has 0 spiro atoms. The summed E-state index contributed by atoms with van der Waals surface area (Å²) < 4.78 is 26.6. The van der Waals surface area contributed by atoms with Crippen molar-refractivity contribution < 1.29 is 8.42 Å². The molecule has 1 aromatic heterocycles. The molecule has 8 heteroatoms. The maximum atomic E-state index is 12.1. The summed E-state index contributed by atoms with van der Waals surface area (Å²) in [5.41, 5.74) is 6.05. The molecule has 2 aromatic rings. The van der Waals surface area contributed by atoms with Crippen molar-refractivity contribution in [3.8, 4) is 6.07 Å². The highest BCUT2D eigenvalue weighted by Gasteiger charge is 2.17. The fourth-order valence-corrected chi connectivity index (χ4v) is 3.37. The Labute approximate surface area is 120 Å². The topological polar surface area (TPSA) is 109 Å². The van der Waals surface area contributed by atoms with Crippen LogP contribution in [0.1, 0.15) is 10.6 Å². The van der Waals surface area contributed by atoms with E-state index in [1.807, 2.05) is 11.4 Å². The van der Waals surface area contributed by atoms with Gasteiger partial charge in [0.25, 0.3) is 0 Å². The first-order chi connectivity index (χ1) is 9.53. The van der Waals surface area contributed by atoms with Crippen molar-refractivity contribution >= 4 is 27.0 Å². The van der Waals surface area contributed by atoms with Gasteiger partial charge < -0.3 is 5.73 Å². The lowest BCUT2D eigenvalue weighted by Gasteiger charge is -2.08. The molecule has 0 saturated carbocycles. The van der Waals surface area contributed by atoms with Gasteiger partial charge in [-0.05, 0) is 18.2 Å². The first-order valence-corrected chi connectivity index (χ1v) is 8.07. The summed E-state index contributed by atoms with van der Waals surface area (Å²) >= 11 is 1.47. The Morgan fingerprint density at radius 3 is 2.85 bits per heavy atom. The average Bonchev–Trinajstić information content (AvgIpc) is 2.91. The van der Waals surface area contributed by atoms with Crippen LogP contribution in [0.15, 0.2) is 34.7 Å². The molecule has 0 saturated heterocycles. The third-order valence-electron chi connectivity index (χ3n) is 2.54. The summed E-state index contributed by atoms with van der Waals surface area (Å²) in [5, 5.41) is 11.4. The lowest BCUT2D eigenvalue weighted by Crippen LogP contribution is -2.26. The van der Waals surface area contributed by atoms with Crippen molar-refractivity contribution in [1.29, 1.82) is 5.26 Å². The van der Waals surface area contributed by atoms with Crippen LogP contribution in [0.3, 0.4) is 0 Å². The molecule has 0 bridgehead atoms. The Bertz CT molecular complexity index is 733. The van der Waals surface area contributed by atoms with Crippen molar-refractivity contribution in [2.24, 2.45) is 0 Å². The fraction of sp³-hybridized carbons (Fsp3) is 0.167. The van der Waals surface area contributed by atoms with E-state index in [4.69, 9.17) is 11.0 Å². The van der Waals surface area contributed by atoms with Gasteiger partial charge in [0.15, 0.2) is 0 Å². The number of anilines is 1. The van der Waals surface area contributed by atoms with E-state index in [9.17, 15) is 8.42 Å². The molecule has 0 fully saturated rings. The second kappa shape index (κ2) is 6.00. The van der Waals surface area contributed by atoms with Gasteiger partial charge in [0.1, 0.15) is 4.90 Å². The van der Waals surface area contributed by atoms with Gasteiger partial charge in [-0.3, -0.25) is 0 Å². The number of nitrogens with two attached hydrogens (primary N) is 1. The van der Waals surface area contributed by atoms with Gasteiger partial charge in [-0.2, -0.15) is 5.26 Å². The van der Waals surface area contributed by atoms with E-state index in [0.717, 1.165) is 5.01 Å². The molecule has 0 aliphatic carbocycles. The van der Waals surface area contributed by atoms with Crippen LogP contribution in [0.25, 0.3) is 0 Å². The molecule has 6 nitrogen and oxygen atoms in total. The van der Waals surface area contributed by atoms with Crippen molar-refractivity contribution in [2.75, 3.05) is 12.3 Å². The Balaban J connectivity index is 2.08. The highest BCUT2D eigenvalue weighted by Crippen LogP contribution is 2.19. The molecular weight excluding hydrogens is 296 g/mol. The first kappa shape index (κ1) is 14.5. The lowest BCUT2D eigenvalue weighted by molar-refractivity contribution is 0.582. The average molecular weight is 308 g/mol. The number of nitriles is 1. The van der Waals surface area contributed by atoms with Crippen LogP contribution in [-0.2, 0) is 16.4 Å². The minimum Gasteiger partial charge on any atom is -0.398 e. The quantitative estimate of drug-likeness (QED) is 0.804. The molecule has 0 aliphatic heterocycles. The minimum absolute atomic E-state index is 0.0179. The predicted molar refractivity (Wildman–Crippen MR) is 76.6 cm³/mol. The van der Waals surface area contributed by atoms with E-state index in [2.05, 4.69) is 9.71 Å². The van der Waals surface area contributed by atoms with Gasteiger partial charge in [-0.1, -0.05) is 0 Å². The summed E-state index contributed by atoms with van der Waals surface area (Å²) in [6.07, 6.45) is 2.19.